The Morgan fingerprint density at radius 2 is 0.792 bits per heavy atom. The number of nitrogens with zero attached hydrogens (tertiary/aromatic N) is 2. The molecule has 0 saturated heterocycles. The molecule has 0 bridgehead atoms. The van der Waals surface area contributed by atoms with Gasteiger partial charge in [-0.3, -0.25) is 9.80 Å². The fourth-order valence-electron chi connectivity index (χ4n) is 1.45. The molecule has 24 heavy (non-hydrogen) atoms. The number of rotatable bonds is 12. The normalized spacial score (nSPS) is 11.8. The molecule has 0 aromatic rings. The van der Waals surface area contributed by atoms with Crippen LogP contribution in [0.3, 0.4) is 0 Å². The van der Waals surface area contributed by atoms with E-state index in [0.717, 1.165) is 0 Å². The van der Waals surface area contributed by atoms with Crippen LogP contribution in [0.2, 0.25) is 0 Å². The summed E-state index contributed by atoms with van der Waals surface area (Å²) in [4.78, 5) is 15.8. The van der Waals surface area contributed by atoms with Crippen molar-refractivity contribution in [3.8, 4) is 0 Å². The lowest BCUT2D eigenvalue weighted by atomic mass is 10.5. The highest BCUT2D eigenvalue weighted by Crippen LogP contribution is 2.06. The Morgan fingerprint density at radius 1 is 0.583 bits per heavy atom. The largest absolute Gasteiger partial charge is 0.358 e. The zero-order chi connectivity index (χ0) is 18.7. The van der Waals surface area contributed by atoms with E-state index in [1.165, 1.54) is 9.80 Å². The second kappa shape index (κ2) is 12.5. The van der Waals surface area contributed by atoms with Crippen LogP contribution in [0.1, 0.15) is 55.4 Å². The first-order valence-corrected chi connectivity index (χ1v) is 8.63. The van der Waals surface area contributed by atoms with E-state index < -0.39 is 0 Å². The zero-order valence-electron chi connectivity index (χ0n) is 16.6. The first-order chi connectivity index (χ1) is 11.1. The van der Waals surface area contributed by atoms with Gasteiger partial charge in [0.15, 0.2) is 0 Å². The monoisotopic (exact) mass is 348 g/mol. The minimum atomic E-state index is -0.238. The van der Waals surface area contributed by atoms with E-state index in [0.29, 0.717) is 0 Å². The molecule has 0 radical (unpaired) electrons. The zero-order valence-corrected chi connectivity index (χ0v) is 16.6. The maximum Gasteiger partial charge on any atom is 0.327 e. The molecule has 0 atom stereocenters. The lowest BCUT2D eigenvalue weighted by Gasteiger charge is -2.31. The standard InChI is InChI=1S/C17H36N2O5/c1-13(2)21-9-18(10-22-14(3)4)17(20)19(11-23-15(5)6)12-24-16(7)8/h13-16H,9-12H2,1-8H3. The maximum atomic E-state index is 12.8. The summed E-state index contributed by atoms with van der Waals surface area (Å²) in [5.74, 6) is 0. The Kier molecular flexibility index (Phi) is 12.0. The molecule has 0 spiro atoms. The minimum absolute atomic E-state index is 0.0200. The fraction of sp³-hybridized carbons (Fsp3) is 0.941. The SMILES string of the molecule is CC(C)OCN(COC(C)C)C(=O)N(COC(C)C)COC(C)C. The van der Waals surface area contributed by atoms with Crippen LogP contribution in [-0.2, 0) is 18.9 Å². The lowest BCUT2D eigenvalue weighted by Crippen LogP contribution is -2.48. The Morgan fingerprint density at radius 3 is 0.958 bits per heavy atom. The molecule has 0 aliphatic carbocycles. The lowest BCUT2D eigenvalue weighted by molar-refractivity contribution is -0.0893. The van der Waals surface area contributed by atoms with Crippen molar-refractivity contribution in [2.24, 2.45) is 0 Å². The third kappa shape index (κ3) is 11.6. The molecular formula is C17H36N2O5. The van der Waals surface area contributed by atoms with E-state index >= 15 is 0 Å². The van der Waals surface area contributed by atoms with Gasteiger partial charge in [-0.2, -0.15) is 0 Å². The summed E-state index contributed by atoms with van der Waals surface area (Å²) in [6.45, 7) is 16.0. The van der Waals surface area contributed by atoms with Gasteiger partial charge in [-0.1, -0.05) is 0 Å². The van der Waals surface area contributed by atoms with Crippen molar-refractivity contribution in [1.29, 1.82) is 0 Å². The summed E-state index contributed by atoms with van der Waals surface area (Å²) in [6, 6.07) is -0.238. The van der Waals surface area contributed by atoms with Gasteiger partial charge < -0.3 is 18.9 Å². The average Bonchev–Trinajstić information content (AvgIpc) is 2.45. The molecule has 0 aromatic heterocycles. The highest BCUT2D eigenvalue weighted by Gasteiger charge is 2.23. The van der Waals surface area contributed by atoms with E-state index in [4.69, 9.17) is 18.9 Å². The van der Waals surface area contributed by atoms with Crippen LogP contribution in [0.4, 0.5) is 4.79 Å². The quantitative estimate of drug-likeness (QED) is 0.507. The minimum Gasteiger partial charge on any atom is -0.358 e. The number of carbonyl (C=O) groups is 1. The molecule has 0 fully saturated rings. The second-order valence-corrected chi connectivity index (χ2v) is 6.74. The number of amides is 2. The summed E-state index contributed by atoms with van der Waals surface area (Å²) >= 11 is 0. The van der Waals surface area contributed by atoms with Crippen molar-refractivity contribution in [3.05, 3.63) is 0 Å². The Balaban J connectivity index is 4.90. The fourth-order valence-corrected chi connectivity index (χ4v) is 1.45. The Bertz CT molecular complexity index is 281. The third-order valence-corrected chi connectivity index (χ3v) is 2.80. The number of carbonyl (C=O) groups excluding carboxylic acids is 1. The molecule has 0 heterocycles. The van der Waals surface area contributed by atoms with Crippen LogP contribution < -0.4 is 0 Å². The molecule has 2 amide bonds. The van der Waals surface area contributed by atoms with Crippen molar-refractivity contribution in [2.75, 3.05) is 26.9 Å². The molecule has 0 aliphatic heterocycles. The molecule has 0 saturated carbocycles. The van der Waals surface area contributed by atoms with Crippen molar-refractivity contribution in [2.45, 2.75) is 79.8 Å². The van der Waals surface area contributed by atoms with E-state index in [9.17, 15) is 4.79 Å². The first-order valence-electron chi connectivity index (χ1n) is 8.63. The van der Waals surface area contributed by atoms with Crippen molar-refractivity contribution in [1.82, 2.24) is 9.80 Å². The molecule has 0 aromatic carbocycles. The van der Waals surface area contributed by atoms with Crippen molar-refractivity contribution < 1.29 is 23.7 Å². The number of hydrogen-bond donors (Lipinski definition) is 0. The van der Waals surface area contributed by atoms with Gasteiger partial charge in [0.25, 0.3) is 0 Å². The summed E-state index contributed by atoms with van der Waals surface area (Å²) in [5.41, 5.74) is 0. The number of ether oxygens (including phenoxy) is 4. The molecule has 144 valence electrons. The molecule has 0 aliphatic rings. The highest BCUT2D eigenvalue weighted by molar-refractivity contribution is 5.73. The van der Waals surface area contributed by atoms with Gasteiger partial charge in [0.2, 0.25) is 0 Å². The van der Waals surface area contributed by atoms with Crippen molar-refractivity contribution >= 4 is 6.03 Å². The topological polar surface area (TPSA) is 60.5 Å². The second-order valence-electron chi connectivity index (χ2n) is 6.74. The van der Waals surface area contributed by atoms with Crippen LogP contribution in [-0.4, -0.2) is 67.2 Å². The highest BCUT2D eigenvalue weighted by atomic mass is 16.5. The third-order valence-electron chi connectivity index (χ3n) is 2.80. The predicted octanol–water partition coefficient (Wildman–Crippen LogP) is 3.24. The van der Waals surface area contributed by atoms with Gasteiger partial charge in [0.05, 0.1) is 24.4 Å². The van der Waals surface area contributed by atoms with Crippen LogP contribution in [0.5, 0.6) is 0 Å². The van der Waals surface area contributed by atoms with E-state index in [1.54, 1.807) is 0 Å². The molecule has 0 N–H and O–H groups in total. The van der Waals surface area contributed by atoms with Crippen LogP contribution in [0.15, 0.2) is 0 Å². The molecular weight excluding hydrogens is 312 g/mol. The molecule has 7 nitrogen and oxygen atoms in total. The summed E-state index contributed by atoms with van der Waals surface area (Å²) in [7, 11) is 0. The number of urea groups is 1. The van der Waals surface area contributed by atoms with Gasteiger partial charge in [0.1, 0.15) is 26.9 Å². The van der Waals surface area contributed by atoms with Gasteiger partial charge in [-0.05, 0) is 55.4 Å². The van der Waals surface area contributed by atoms with Crippen molar-refractivity contribution in [3.63, 3.8) is 0 Å². The van der Waals surface area contributed by atoms with E-state index in [1.807, 2.05) is 55.4 Å². The molecule has 0 rings (SSSR count). The van der Waals surface area contributed by atoms with Gasteiger partial charge in [-0.25, -0.2) is 4.79 Å². The first kappa shape index (κ1) is 23.1. The molecule has 0 unspecified atom stereocenters. The van der Waals surface area contributed by atoms with Crippen LogP contribution in [0, 0.1) is 0 Å². The van der Waals surface area contributed by atoms with Gasteiger partial charge >= 0.3 is 6.03 Å². The smallest absolute Gasteiger partial charge is 0.327 e. The summed E-state index contributed by atoms with van der Waals surface area (Å²) in [6.07, 6.45) is 0.0801. The van der Waals surface area contributed by atoms with Crippen LogP contribution >= 0.6 is 0 Å². The number of hydrogen-bond acceptors (Lipinski definition) is 5. The van der Waals surface area contributed by atoms with E-state index in [-0.39, 0.29) is 57.4 Å². The summed E-state index contributed by atoms with van der Waals surface area (Å²) in [5, 5.41) is 0. The predicted molar refractivity (Wildman–Crippen MR) is 93.4 cm³/mol. The molecule has 7 heteroatoms. The Hall–Kier alpha value is -0.890. The Labute approximate surface area is 147 Å². The average molecular weight is 348 g/mol. The maximum absolute atomic E-state index is 12.8. The van der Waals surface area contributed by atoms with Crippen LogP contribution in [0.25, 0.3) is 0 Å². The van der Waals surface area contributed by atoms with Gasteiger partial charge in [0, 0.05) is 0 Å². The summed E-state index contributed by atoms with van der Waals surface area (Å²) < 4.78 is 22.3. The van der Waals surface area contributed by atoms with E-state index in [2.05, 4.69) is 0 Å². The van der Waals surface area contributed by atoms with Gasteiger partial charge in [-0.15, -0.1) is 0 Å².